The molecule has 2 heterocycles. The fourth-order valence-electron chi connectivity index (χ4n) is 2.48. The molecule has 4 nitrogen and oxygen atoms in total. The second-order valence-electron chi connectivity index (χ2n) is 5.17. The van der Waals surface area contributed by atoms with Gasteiger partial charge in [0.05, 0.1) is 0 Å². The van der Waals surface area contributed by atoms with Crippen molar-refractivity contribution in [2.45, 2.75) is 25.8 Å². The number of carbonyl (C=O) groups is 1. The first kappa shape index (κ1) is 12.2. The maximum absolute atomic E-state index is 12.1. The van der Waals surface area contributed by atoms with Crippen LogP contribution in [-0.4, -0.2) is 25.0 Å². The van der Waals surface area contributed by atoms with Gasteiger partial charge in [-0.2, -0.15) is 0 Å². The molecule has 1 aromatic carbocycles. The van der Waals surface area contributed by atoms with Crippen LogP contribution < -0.4 is 10.6 Å². The molecule has 1 aliphatic heterocycles. The summed E-state index contributed by atoms with van der Waals surface area (Å²) in [7, 11) is 0. The second kappa shape index (κ2) is 5.05. The van der Waals surface area contributed by atoms with E-state index in [2.05, 4.69) is 10.6 Å². The SMILES string of the molecule is Cc1ccc2cc(C(=O)NC3CCCNC3)oc2c1. The standard InChI is InChI=1S/C15H18N2O2/c1-10-4-5-11-8-14(19-13(11)7-10)15(18)17-12-3-2-6-16-9-12/h4-5,7-8,12,16H,2-3,6,9H2,1H3,(H,17,18). The summed E-state index contributed by atoms with van der Waals surface area (Å²) in [5, 5.41) is 7.27. The number of nitrogens with one attached hydrogen (secondary N) is 2. The molecule has 0 saturated carbocycles. The van der Waals surface area contributed by atoms with E-state index < -0.39 is 0 Å². The number of piperidine rings is 1. The number of hydrogen-bond donors (Lipinski definition) is 2. The average Bonchev–Trinajstić information content (AvgIpc) is 2.83. The molecule has 1 aromatic heterocycles. The molecule has 0 aliphatic carbocycles. The van der Waals surface area contributed by atoms with Gasteiger partial charge in [0.15, 0.2) is 5.76 Å². The lowest BCUT2D eigenvalue weighted by molar-refractivity contribution is 0.0905. The summed E-state index contributed by atoms with van der Waals surface area (Å²) in [5.74, 6) is 0.272. The van der Waals surface area contributed by atoms with Gasteiger partial charge in [-0.25, -0.2) is 0 Å². The van der Waals surface area contributed by atoms with Crippen LogP contribution in [-0.2, 0) is 0 Å². The van der Waals surface area contributed by atoms with E-state index in [9.17, 15) is 4.79 Å². The van der Waals surface area contributed by atoms with Crippen LogP contribution in [0.4, 0.5) is 0 Å². The van der Waals surface area contributed by atoms with E-state index in [4.69, 9.17) is 4.42 Å². The molecule has 1 amide bonds. The summed E-state index contributed by atoms with van der Waals surface area (Å²) < 4.78 is 5.62. The van der Waals surface area contributed by atoms with Crippen LogP contribution >= 0.6 is 0 Å². The maximum Gasteiger partial charge on any atom is 0.287 e. The van der Waals surface area contributed by atoms with Gasteiger partial charge in [0, 0.05) is 18.0 Å². The first-order valence-corrected chi connectivity index (χ1v) is 6.74. The van der Waals surface area contributed by atoms with Crippen LogP contribution in [0, 0.1) is 6.92 Å². The lowest BCUT2D eigenvalue weighted by Crippen LogP contribution is -2.45. The van der Waals surface area contributed by atoms with Gasteiger partial charge in [-0.15, -0.1) is 0 Å². The summed E-state index contributed by atoms with van der Waals surface area (Å²) in [4.78, 5) is 12.1. The van der Waals surface area contributed by atoms with Gasteiger partial charge in [0.1, 0.15) is 5.58 Å². The monoisotopic (exact) mass is 258 g/mol. The number of benzene rings is 1. The highest BCUT2D eigenvalue weighted by atomic mass is 16.3. The Hall–Kier alpha value is -1.81. The molecular weight excluding hydrogens is 240 g/mol. The Morgan fingerprint density at radius 1 is 1.42 bits per heavy atom. The number of fused-ring (bicyclic) bond motifs is 1. The number of hydrogen-bond acceptors (Lipinski definition) is 3. The molecule has 2 aromatic rings. The predicted octanol–water partition coefficient (Wildman–Crippen LogP) is 2.22. The Labute approximate surface area is 112 Å². The maximum atomic E-state index is 12.1. The summed E-state index contributed by atoms with van der Waals surface area (Å²) in [6.45, 7) is 3.89. The van der Waals surface area contributed by atoms with E-state index >= 15 is 0 Å². The van der Waals surface area contributed by atoms with Crippen LogP contribution in [0.3, 0.4) is 0 Å². The zero-order valence-corrected chi connectivity index (χ0v) is 11.0. The number of furan rings is 1. The highest BCUT2D eigenvalue weighted by Crippen LogP contribution is 2.20. The quantitative estimate of drug-likeness (QED) is 0.868. The Kier molecular flexibility index (Phi) is 3.25. The Balaban J connectivity index is 1.77. The van der Waals surface area contributed by atoms with Crippen molar-refractivity contribution in [3.8, 4) is 0 Å². The Bertz CT molecular complexity index is 597. The fraction of sp³-hybridized carbons (Fsp3) is 0.400. The van der Waals surface area contributed by atoms with E-state index in [0.29, 0.717) is 5.76 Å². The third-order valence-electron chi connectivity index (χ3n) is 3.53. The molecular formula is C15H18N2O2. The normalized spacial score (nSPS) is 19.5. The molecule has 0 bridgehead atoms. The first-order valence-electron chi connectivity index (χ1n) is 6.74. The molecule has 0 radical (unpaired) electrons. The third kappa shape index (κ3) is 2.63. The molecule has 2 N–H and O–H groups in total. The summed E-state index contributed by atoms with van der Waals surface area (Å²) in [5.41, 5.74) is 1.90. The zero-order valence-electron chi connectivity index (χ0n) is 11.0. The van der Waals surface area contributed by atoms with Gasteiger partial charge >= 0.3 is 0 Å². The third-order valence-corrected chi connectivity index (χ3v) is 3.53. The molecule has 1 saturated heterocycles. The molecule has 1 aliphatic rings. The topological polar surface area (TPSA) is 54.3 Å². The highest BCUT2D eigenvalue weighted by Gasteiger charge is 2.18. The molecule has 3 rings (SSSR count). The van der Waals surface area contributed by atoms with Gasteiger partial charge in [-0.1, -0.05) is 12.1 Å². The van der Waals surface area contributed by atoms with Gasteiger partial charge in [-0.05, 0) is 44.0 Å². The number of amides is 1. The number of aryl methyl sites for hydroxylation is 1. The number of rotatable bonds is 2. The van der Waals surface area contributed by atoms with Crippen molar-refractivity contribution in [2.24, 2.45) is 0 Å². The van der Waals surface area contributed by atoms with Crippen LogP contribution in [0.2, 0.25) is 0 Å². The van der Waals surface area contributed by atoms with Crippen molar-refractivity contribution < 1.29 is 9.21 Å². The molecule has 19 heavy (non-hydrogen) atoms. The van der Waals surface area contributed by atoms with Crippen molar-refractivity contribution in [3.05, 3.63) is 35.6 Å². The average molecular weight is 258 g/mol. The Morgan fingerprint density at radius 2 is 2.32 bits per heavy atom. The minimum absolute atomic E-state index is 0.123. The summed E-state index contributed by atoms with van der Waals surface area (Å²) >= 11 is 0. The van der Waals surface area contributed by atoms with E-state index in [1.807, 2.05) is 25.1 Å². The van der Waals surface area contributed by atoms with Crippen LogP contribution in [0.25, 0.3) is 11.0 Å². The van der Waals surface area contributed by atoms with Crippen molar-refractivity contribution in [1.82, 2.24) is 10.6 Å². The van der Waals surface area contributed by atoms with E-state index in [0.717, 1.165) is 42.5 Å². The van der Waals surface area contributed by atoms with E-state index in [-0.39, 0.29) is 11.9 Å². The van der Waals surface area contributed by atoms with Crippen LogP contribution in [0.15, 0.2) is 28.7 Å². The lowest BCUT2D eigenvalue weighted by Gasteiger charge is -2.23. The Morgan fingerprint density at radius 3 is 3.11 bits per heavy atom. The molecule has 1 fully saturated rings. The second-order valence-corrected chi connectivity index (χ2v) is 5.17. The smallest absolute Gasteiger partial charge is 0.287 e. The van der Waals surface area contributed by atoms with Crippen molar-refractivity contribution >= 4 is 16.9 Å². The van der Waals surface area contributed by atoms with Gasteiger partial charge < -0.3 is 15.1 Å². The largest absolute Gasteiger partial charge is 0.451 e. The molecule has 0 spiro atoms. The summed E-state index contributed by atoms with van der Waals surface area (Å²) in [6.07, 6.45) is 2.13. The van der Waals surface area contributed by atoms with Gasteiger partial charge in [-0.3, -0.25) is 4.79 Å². The van der Waals surface area contributed by atoms with Crippen molar-refractivity contribution in [2.75, 3.05) is 13.1 Å². The molecule has 1 unspecified atom stereocenters. The molecule has 4 heteroatoms. The van der Waals surface area contributed by atoms with Crippen LogP contribution in [0.1, 0.15) is 29.0 Å². The summed E-state index contributed by atoms with van der Waals surface area (Å²) in [6, 6.07) is 7.96. The van der Waals surface area contributed by atoms with Crippen molar-refractivity contribution in [1.29, 1.82) is 0 Å². The minimum Gasteiger partial charge on any atom is -0.451 e. The minimum atomic E-state index is -0.123. The van der Waals surface area contributed by atoms with Gasteiger partial charge in [0.2, 0.25) is 0 Å². The van der Waals surface area contributed by atoms with E-state index in [1.54, 1.807) is 6.07 Å². The first-order chi connectivity index (χ1) is 9.22. The van der Waals surface area contributed by atoms with Gasteiger partial charge in [0.25, 0.3) is 5.91 Å². The van der Waals surface area contributed by atoms with Crippen LogP contribution in [0.5, 0.6) is 0 Å². The van der Waals surface area contributed by atoms with E-state index in [1.165, 1.54) is 0 Å². The molecule has 1 atom stereocenters. The highest BCUT2D eigenvalue weighted by molar-refractivity contribution is 5.96. The fourth-order valence-corrected chi connectivity index (χ4v) is 2.48. The lowest BCUT2D eigenvalue weighted by atomic mass is 10.1. The molecule has 100 valence electrons. The van der Waals surface area contributed by atoms with Crippen molar-refractivity contribution in [3.63, 3.8) is 0 Å². The predicted molar refractivity (Wildman–Crippen MR) is 74.3 cm³/mol. The number of carbonyl (C=O) groups excluding carboxylic acids is 1. The zero-order chi connectivity index (χ0) is 13.2.